The van der Waals surface area contributed by atoms with Crippen LogP contribution in [0.5, 0.6) is 0 Å². The molecule has 1 fully saturated rings. The zero-order valence-corrected chi connectivity index (χ0v) is 17.0. The molecule has 0 radical (unpaired) electrons. The van der Waals surface area contributed by atoms with Gasteiger partial charge in [-0.05, 0) is 38.8 Å². The fourth-order valence-corrected chi connectivity index (χ4v) is 3.93. The summed E-state index contributed by atoms with van der Waals surface area (Å²) in [5, 5.41) is 11.7. The fourth-order valence-electron chi connectivity index (χ4n) is 3.93. The quantitative estimate of drug-likeness (QED) is 0.686. The smallest absolute Gasteiger partial charge is 0.223 e. The Hall–Kier alpha value is -2.96. The fraction of sp³-hybridized carbons (Fsp3) is 0.455. The third-order valence-electron chi connectivity index (χ3n) is 5.52. The van der Waals surface area contributed by atoms with Crippen molar-refractivity contribution >= 4 is 5.91 Å². The molecule has 0 atom stereocenters. The van der Waals surface area contributed by atoms with Gasteiger partial charge in [0.15, 0.2) is 5.76 Å². The van der Waals surface area contributed by atoms with Gasteiger partial charge in [-0.2, -0.15) is 5.10 Å². The second kappa shape index (κ2) is 8.59. The van der Waals surface area contributed by atoms with Crippen molar-refractivity contribution in [1.82, 2.24) is 25.2 Å². The molecular formula is C22H27N5O2. The van der Waals surface area contributed by atoms with Crippen LogP contribution < -0.4 is 5.32 Å². The Labute approximate surface area is 170 Å². The lowest BCUT2D eigenvalue weighted by Crippen LogP contribution is -2.34. The van der Waals surface area contributed by atoms with Gasteiger partial charge in [-0.3, -0.25) is 14.5 Å². The van der Waals surface area contributed by atoms with E-state index in [0.717, 1.165) is 53.9 Å². The minimum absolute atomic E-state index is 0.162. The lowest BCUT2D eigenvalue weighted by Gasteiger charge is -2.20. The highest BCUT2D eigenvalue weighted by Crippen LogP contribution is 2.32. The minimum atomic E-state index is 0.162. The zero-order chi connectivity index (χ0) is 20.2. The largest absolute Gasteiger partial charge is 0.356 e. The molecule has 7 nitrogen and oxygen atoms in total. The van der Waals surface area contributed by atoms with E-state index in [4.69, 9.17) is 4.52 Å². The second-order valence-electron chi connectivity index (χ2n) is 7.78. The number of hydrogen-bond acceptors (Lipinski definition) is 5. The number of nitrogens with one attached hydrogen (secondary N) is 1. The van der Waals surface area contributed by atoms with Crippen LogP contribution in [0.1, 0.15) is 43.5 Å². The lowest BCUT2D eigenvalue weighted by atomic mass is 9.89. The number of pyridine rings is 1. The number of carbonyl (C=O) groups is 1. The van der Waals surface area contributed by atoms with E-state index in [-0.39, 0.29) is 11.8 Å². The topological polar surface area (TPSA) is 85.8 Å². The summed E-state index contributed by atoms with van der Waals surface area (Å²) < 4.78 is 7.38. The number of aryl methyl sites for hydroxylation is 2. The number of rotatable bonds is 6. The molecule has 3 heterocycles. The normalized spacial score (nSPS) is 14.8. The molecule has 29 heavy (non-hydrogen) atoms. The van der Waals surface area contributed by atoms with Gasteiger partial charge < -0.3 is 9.84 Å². The summed E-state index contributed by atoms with van der Waals surface area (Å²) in [7, 11) is 0. The monoisotopic (exact) mass is 393 g/mol. The molecule has 3 aromatic heterocycles. The third-order valence-corrected chi connectivity index (χ3v) is 5.52. The SMILES string of the molecule is Cc1ccc(-c2c(-c3cc(C)no3)cnn2CCNC(=O)C2CCCCC2)cn1. The first-order valence-corrected chi connectivity index (χ1v) is 10.3. The maximum absolute atomic E-state index is 12.4. The highest BCUT2D eigenvalue weighted by molar-refractivity contribution is 5.79. The van der Waals surface area contributed by atoms with Gasteiger partial charge in [0, 0.05) is 36.0 Å². The Kier molecular flexibility index (Phi) is 5.74. The van der Waals surface area contributed by atoms with Crippen LogP contribution in [0.2, 0.25) is 0 Å². The van der Waals surface area contributed by atoms with Crippen LogP contribution in [-0.4, -0.2) is 32.4 Å². The number of nitrogens with zero attached hydrogens (tertiary/aromatic N) is 4. The number of hydrogen-bond donors (Lipinski definition) is 1. The van der Waals surface area contributed by atoms with Crippen LogP contribution in [0.3, 0.4) is 0 Å². The van der Waals surface area contributed by atoms with Crippen molar-refractivity contribution in [3.63, 3.8) is 0 Å². The maximum Gasteiger partial charge on any atom is 0.223 e. The number of amides is 1. The van der Waals surface area contributed by atoms with E-state index in [9.17, 15) is 4.79 Å². The summed E-state index contributed by atoms with van der Waals surface area (Å²) in [6, 6.07) is 5.91. The van der Waals surface area contributed by atoms with Crippen molar-refractivity contribution < 1.29 is 9.32 Å². The molecule has 1 amide bonds. The zero-order valence-electron chi connectivity index (χ0n) is 17.0. The Morgan fingerprint density at radius 2 is 2.00 bits per heavy atom. The van der Waals surface area contributed by atoms with E-state index >= 15 is 0 Å². The van der Waals surface area contributed by atoms with Crippen molar-refractivity contribution in [3.8, 4) is 22.6 Å². The molecule has 152 valence electrons. The van der Waals surface area contributed by atoms with E-state index in [1.54, 1.807) is 6.20 Å². The summed E-state index contributed by atoms with van der Waals surface area (Å²) in [5.74, 6) is 1.01. The standard InChI is InChI=1S/C22H27N5O2/c1-15-8-9-18(13-24-15)21-19(20-12-16(2)26-29-20)14-25-27(21)11-10-23-22(28)17-6-4-3-5-7-17/h8-9,12-14,17H,3-7,10-11H2,1-2H3,(H,23,28). The van der Waals surface area contributed by atoms with Gasteiger partial charge in [0.1, 0.15) is 0 Å². The molecule has 0 bridgehead atoms. The molecule has 4 rings (SSSR count). The molecule has 1 aliphatic carbocycles. The van der Waals surface area contributed by atoms with Gasteiger partial charge >= 0.3 is 0 Å². The molecule has 1 aliphatic rings. The summed E-state index contributed by atoms with van der Waals surface area (Å²) >= 11 is 0. The Balaban J connectivity index is 1.54. The van der Waals surface area contributed by atoms with Crippen molar-refractivity contribution in [2.45, 2.75) is 52.5 Å². The molecule has 1 N–H and O–H groups in total. The maximum atomic E-state index is 12.4. The Morgan fingerprint density at radius 1 is 1.17 bits per heavy atom. The van der Waals surface area contributed by atoms with E-state index < -0.39 is 0 Å². The second-order valence-corrected chi connectivity index (χ2v) is 7.78. The first-order valence-electron chi connectivity index (χ1n) is 10.3. The van der Waals surface area contributed by atoms with E-state index in [1.165, 1.54) is 6.42 Å². The average molecular weight is 393 g/mol. The first-order chi connectivity index (χ1) is 14.1. The predicted octanol–water partition coefficient (Wildman–Crippen LogP) is 3.91. The summed E-state index contributed by atoms with van der Waals surface area (Å²) in [4.78, 5) is 16.9. The van der Waals surface area contributed by atoms with Crippen molar-refractivity contribution in [1.29, 1.82) is 0 Å². The molecule has 0 aromatic carbocycles. The van der Waals surface area contributed by atoms with Gasteiger partial charge in [0.2, 0.25) is 5.91 Å². The molecule has 0 spiro atoms. The molecule has 3 aromatic rings. The van der Waals surface area contributed by atoms with Crippen molar-refractivity contribution in [3.05, 3.63) is 42.0 Å². The van der Waals surface area contributed by atoms with E-state index in [0.29, 0.717) is 18.8 Å². The molecule has 0 unspecified atom stereocenters. The third kappa shape index (κ3) is 4.39. The number of carbonyl (C=O) groups excluding carboxylic acids is 1. The van der Waals surface area contributed by atoms with Crippen LogP contribution in [0.15, 0.2) is 35.1 Å². The van der Waals surface area contributed by atoms with Crippen LogP contribution >= 0.6 is 0 Å². The molecule has 0 saturated heterocycles. The number of aromatic nitrogens is 4. The highest BCUT2D eigenvalue weighted by Gasteiger charge is 2.21. The van der Waals surface area contributed by atoms with Gasteiger partial charge in [-0.25, -0.2) is 0 Å². The Bertz CT molecular complexity index is 968. The molecule has 0 aliphatic heterocycles. The summed E-state index contributed by atoms with van der Waals surface area (Å²) in [6.07, 6.45) is 9.19. The minimum Gasteiger partial charge on any atom is -0.356 e. The highest BCUT2D eigenvalue weighted by atomic mass is 16.5. The molecule has 1 saturated carbocycles. The van der Waals surface area contributed by atoms with Crippen LogP contribution in [-0.2, 0) is 11.3 Å². The predicted molar refractivity (Wildman–Crippen MR) is 110 cm³/mol. The van der Waals surface area contributed by atoms with Gasteiger partial charge in [0.25, 0.3) is 0 Å². The van der Waals surface area contributed by atoms with Crippen LogP contribution in [0.25, 0.3) is 22.6 Å². The van der Waals surface area contributed by atoms with Crippen molar-refractivity contribution in [2.75, 3.05) is 6.54 Å². The van der Waals surface area contributed by atoms with E-state index in [1.807, 2.05) is 42.9 Å². The van der Waals surface area contributed by atoms with Gasteiger partial charge in [-0.1, -0.05) is 24.4 Å². The molecular weight excluding hydrogens is 366 g/mol. The van der Waals surface area contributed by atoms with Gasteiger partial charge in [0.05, 0.1) is 29.7 Å². The summed E-state index contributed by atoms with van der Waals surface area (Å²) in [6.45, 7) is 4.97. The van der Waals surface area contributed by atoms with E-state index in [2.05, 4.69) is 20.6 Å². The lowest BCUT2D eigenvalue weighted by molar-refractivity contribution is -0.125. The van der Waals surface area contributed by atoms with Crippen LogP contribution in [0, 0.1) is 19.8 Å². The van der Waals surface area contributed by atoms with Crippen molar-refractivity contribution in [2.24, 2.45) is 5.92 Å². The first kappa shape index (κ1) is 19.4. The van der Waals surface area contributed by atoms with Crippen LogP contribution in [0.4, 0.5) is 0 Å². The summed E-state index contributed by atoms with van der Waals surface area (Å²) in [5.41, 5.74) is 4.52. The Morgan fingerprint density at radius 3 is 2.69 bits per heavy atom. The molecule has 7 heteroatoms. The van der Waals surface area contributed by atoms with Gasteiger partial charge in [-0.15, -0.1) is 0 Å². The average Bonchev–Trinajstić information content (AvgIpc) is 3.35.